The summed E-state index contributed by atoms with van der Waals surface area (Å²) in [5.41, 5.74) is 0. The molecule has 5 nitrogen and oxygen atoms in total. The Kier molecular flexibility index (Phi) is 9.67. The highest BCUT2D eigenvalue weighted by atomic mass is 16.6. The Bertz CT molecular complexity index is 282. The second-order valence-electron chi connectivity index (χ2n) is 5.64. The standard InChI is InChI=1S/C16H30O5/c1-2-3-4-5-6-7-8-9-10-20-14-12-21-13(11-17)15(18)16(14)19/h9-10,13-19H,2-8,11-12H2,1H3/b10-9+/t13-,14+,15-,16-/m1/s1. The van der Waals surface area contributed by atoms with Crippen LogP contribution in [-0.2, 0) is 9.47 Å². The number of rotatable bonds is 10. The van der Waals surface area contributed by atoms with Gasteiger partial charge in [-0.2, -0.15) is 0 Å². The quantitative estimate of drug-likeness (QED) is 0.423. The van der Waals surface area contributed by atoms with Crippen LogP contribution in [0, 0.1) is 0 Å². The third-order valence-corrected chi connectivity index (χ3v) is 3.84. The zero-order valence-corrected chi connectivity index (χ0v) is 13.0. The third kappa shape index (κ3) is 6.78. The van der Waals surface area contributed by atoms with Gasteiger partial charge in [0.15, 0.2) is 0 Å². The van der Waals surface area contributed by atoms with Crippen LogP contribution in [0.5, 0.6) is 0 Å². The Morgan fingerprint density at radius 3 is 2.52 bits per heavy atom. The number of aliphatic hydroxyl groups is 3. The molecule has 0 aromatic rings. The van der Waals surface area contributed by atoms with Gasteiger partial charge in [-0.3, -0.25) is 0 Å². The van der Waals surface area contributed by atoms with Gasteiger partial charge in [-0.15, -0.1) is 0 Å². The van der Waals surface area contributed by atoms with Crippen molar-refractivity contribution in [1.82, 2.24) is 0 Å². The molecule has 1 rings (SSSR count). The number of unbranched alkanes of at least 4 members (excludes halogenated alkanes) is 6. The van der Waals surface area contributed by atoms with E-state index in [4.69, 9.17) is 14.6 Å². The van der Waals surface area contributed by atoms with Gasteiger partial charge >= 0.3 is 0 Å². The molecule has 5 heteroatoms. The van der Waals surface area contributed by atoms with Crippen molar-refractivity contribution >= 4 is 0 Å². The second-order valence-corrected chi connectivity index (χ2v) is 5.64. The molecule has 124 valence electrons. The summed E-state index contributed by atoms with van der Waals surface area (Å²) in [6.45, 7) is 2.08. The number of aliphatic hydroxyl groups excluding tert-OH is 3. The number of allylic oxidation sites excluding steroid dienone is 1. The number of hydrogen-bond donors (Lipinski definition) is 3. The van der Waals surface area contributed by atoms with Gasteiger partial charge in [-0.05, 0) is 18.9 Å². The molecule has 0 aromatic heterocycles. The van der Waals surface area contributed by atoms with Gasteiger partial charge in [0.1, 0.15) is 24.4 Å². The molecule has 1 aliphatic heterocycles. The fourth-order valence-electron chi connectivity index (χ4n) is 2.40. The van der Waals surface area contributed by atoms with E-state index >= 15 is 0 Å². The van der Waals surface area contributed by atoms with Crippen molar-refractivity contribution in [3.05, 3.63) is 12.3 Å². The predicted octanol–water partition coefficient (Wildman–Crippen LogP) is 1.75. The van der Waals surface area contributed by atoms with Crippen LogP contribution >= 0.6 is 0 Å². The van der Waals surface area contributed by atoms with Crippen LogP contribution in [0.25, 0.3) is 0 Å². The number of hydrogen-bond acceptors (Lipinski definition) is 5. The van der Waals surface area contributed by atoms with Crippen LogP contribution < -0.4 is 0 Å². The summed E-state index contributed by atoms with van der Waals surface area (Å²) < 4.78 is 10.6. The smallest absolute Gasteiger partial charge is 0.149 e. The molecule has 0 amide bonds. The molecule has 21 heavy (non-hydrogen) atoms. The number of ether oxygens (including phenoxy) is 2. The van der Waals surface area contributed by atoms with Crippen molar-refractivity contribution in [2.24, 2.45) is 0 Å². The van der Waals surface area contributed by atoms with E-state index < -0.39 is 24.4 Å². The molecule has 0 bridgehead atoms. The molecule has 0 radical (unpaired) electrons. The van der Waals surface area contributed by atoms with Crippen LogP contribution in [0.3, 0.4) is 0 Å². The molecule has 0 aromatic carbocycles. The molecular formula is C16H30O5. The highest BCUT2D eigenvalue weighted by Crippen LogP contribution is 2.18. The lowest BCUT2D eigenvalue weighted by Crippen LogP contribution is -2.54. The average Bonchev–Trinajstić information content (AvgIpc) is 2.50. The van der Waals surface area contributed by atoms with Crippen LogP contribution in [0.2, 0.25) is 0 Å². The molecule has 0 unspecified atom stereocenters. The van der Waals surface area contributed by atoms with Crippen LogP contribution in [0.1, 0.15) is 51.9 Å². The molecule has 3 N–H and O–H groups in total. The Morgan fingerprint density at radius 2 is 1.81 bits per heavy atom. The Morgan fingerprint density at radius 1 is 1.10 bits per heavy atom. The van der Waals surface area contributed by atoms with Gasteiger partial charge in [0.05, 0.1) is 19.5 Å². The van der Waals surface area contributed by atoms with Crippen LogP contribution in [-0.4, -0.2) is 52.9 Å². The fraction of sp³-hybridized carbons (Fsp3) is 0.875. The Labute approximate surface area is 127 Å². The van der Waals surface area contributed by atoms with Crippen molar-refractivity contribution < 1.29 is 24.8 Å². The summed E-state index contributed by atoms with van der Waals surface area (Å²) in [4.78, 5) is 0. The summed E-state index contributed by atoms with van der Waals surface area (Å²) in [5.74, 6) is 0. The minimum Gasteiger partial charge on any atom is -0.493 e. The first-order chi connectivity index (χ1) is 10.2. The van der Waals surface area contributed by atoms with Crippen LogP contribution in [0.15, 0.2) is 12.3 Å². The summed E-state index contributed by atoms with van der Waals surface area (Å²) >= 11 is 0. The minimum atomic E-state index is -1.11. The van der Waals surface area contributed by atoms with Gasteiger partial charge in [-0.1, -0.05) is 39.0 Å². The lowest BCUT2D eigenvalue weighted by molar-refractivity contribution is -0.196. The molecule has 1 heterocycles. The van der Waals surface area contributed by atoms with Crippen molar-refractivity contribution in [3.63, 3.8) is 0 Å². The van der Waals surface area contributed by atoms with Crippen molar-refractivity contribution in [2.45, 2.75) is 76.3 Å². The predicted molar refractivity (Wildman–Crippen MR) is 80.8 cm³/mol. The fourth-order valence-corrected chi connectivity index (χ4v) is 2.40. The second kappa shape index (κ2) is 11.0. The first-order valence-corrected chi connectivity index (χ1v) is 8.09. The maximum absolute atomic E-state index is 9.86. The molecule has 0 saturated carbocycles. The van der Waals surface area contributed by atoms with E-state index in [0.717, 1.165) is 12.8 Å². The molecule has 1 saturated heterocycles. The zero-order chi connectivity index (χ0) is 15.5. The van der Waals surface area contributed by atoms with E-state index in [0.29, 0.717) is 0 Å². The topological polar surface area (TPSA) is 79.2 Å². The summed E-state index contributed by atoms with van der Waals surface area (Å²) in [7, 11) is 0. The van der Waals surface area contributed by atoms with E-state index in [-0.39, 0.29) is 13.2 Å². The van der Waals surface area contributed by atoms with Gasteiger partial charge in [0, 0.05) is 0 Å². The summed E-state index contributed by atoms with van der Waals surface area (Å²) in [6.07, 6.45) is 8.57. The monoisotopic (exact) mass is 302 g/mol. The first kappa shape index (κ1) is 18.4. The van der Waals surface area contributed by atoms with Crippen LogP contribution in [0.4, 0.5) is 0 Å². The lowest BCUT2D eigenvalue weighted by Gasteiger charge is -2.36. The molecular weight excluding hydrogens is 272 g/mol. The average molecular weight is 302 g/mol. The van der Waals surface area contributed by atoms with E-state index in [1.807, 2.05) is 6.08 Å². The summed E-state index contributed by atoms with van der Waals surface area (Å²) in [5, 5.41) is 28.5. The van der Waals surface area contributed by atoms with E-state index in [9.17, 15) is 10.2 Å². The normalized spacial score (nSPS) is 29.9. The van der Waals surface area contributed by atoms with E-state index in [2.05, 4.69) is 6.92 Å². The van der Waals surface area contributed by atoms with Gasteiger partial charge in [0.2, 0.25) is 0 Å². The van der Waals surface area contributed by atoms with Gasteiger partial charge < -0.3 is 24.8 Å². The maximum Gasteiger partial charge on any atom is 0.149 e. The zero-order valence-electron chi connectivity index (χ0n) is 13.0. The van der Waals surface area contributed by atoms with Gasteiger partial charge in [-0.25, -0.2) is 0 Å². The summed E-state index contributed by atoms with van der Waals surface area (Å²) in [6, 6.07) is 0. The van der Waals surface area contributed by atoms with E-state index in [1.165, 1.54) is 32.1 Å². The SMILES string of the molecule is CCCCCCCC/C=C/O[C@H]1CO[C@H](CO)[C@@H](O)[C@@H]1O. The lowest BCUT2D eigenvalue weighted by atomic mass is 10.0. The van der Waals surface area contributed by atoms with Gasteiger partial charge in [0.25, 0.3) is 0 Å². The molecule has 4 atom stereocenters. The van der Waals surface area contributed by atoms with Crippen molar-refractivity contribution in [2.75, 3.05) is 13.2 Å². The molecule has 1 aliphatic rings. The first-order valence-electron chi connectivity index (χ1n) is 8.09. The Hall–Kier alpha value is -0.620. The van der Waals surface area contributed by atoms with E-state index in [1.54, 1.807) is 6.26 Å². The minimum absolute atomic E-state index is 0.171. The highest BCUT2D eigenvalue weighted by molar-refractivity contribution is 4.89. The third-order valence-electron chi connectivity index (χ3n) is 3.84. The maximum atomic E-state index is 9.86. The largest absolute Gasteiger partial charge is 0.493 e. The molecule has 0 aliphatic carbocycles. The molecule has 1 fully saturated rings. The highest BCUT2D eigenvalue weighted by Gasteiger charge is 2.38. The molecule has 0 spiro atoms. The Balaban J connectivity index is 2.10. The van der Waals surface area contributed by atoms with Crippen molar-refractivity contribution in [1.29, 1.82) is 0 Å². The van der Waals surface area contributed by atoms with Crippen molar-refractivity contribution in [3.8, 4) is 0 Å².